The van der Waals surface area contributed by atoms with Crippen LogP contribution in [0.25, 0.3) is 0 Å². The molecule has 0 fully saturated rings. The topological polar surface area (TPSA) is 99.1 Å². The van der Waals surface area contributed by atoms with Gasteiger partial charge in [-0.3, -0.25) is 18.7 Å². The lowest BCUT2D eigenvalue weighted by molar-refractivity contribution is 0.0977. The van der Waals surface area contributed by atoms with Gasteiger partial charge in [0, 0.05) is 18.0 Å². The third-order valence-corrected chi connectivity index (χ3v) is 6.14. The third-order valence-electron chi connectivity index (χ3n) is 5.21. The summed E-state index contributed by atoms with van der Waals surface area (Å²) in [4.78, 5) is 39.6. The predicted molar refractivity (Wildman–Crippen MR) is 125 cm³/mol. The number of rotatable bonds is 7. The molecule has 0 bridgehead atoms. The van der Waals surface area contributed by atoms with Crippen LogP contribution in [0.4, 0.5) is 5.82 Å². The number of anilines is 1. The van der Waals surface area contributed by atoms with E-state index in [1.807, 2.05) is 47.8 Å². The van der Waals surface area contributed by atoms with E-state index in [-0.39, 0.29) is 35.9 Å². The third kappa shape index (κ3) is 4.86. The Hall–Kier alpha value is -2.97. The van der Waals surface area contributed by atoms with Crippen molar-refractivity contribution >= 4 is 22.9 Å². The summed E-state index contributed by atoms with van der Waals surface area (Å²) < 4.78 is 2.21. The van der Waals surface area contributed by atoms with Crippen molar-refractivity contribution in [2.45, 2.75) is 33.4 Å². The van der Waals surface area contributed by atoms with Gasteiger partial charge < -0.3 is 11.1 Å². The number of carbonyl (C=O) groups excluding carboxylic acids is 1. The Balaban J connectivity index is 1.93. The molecule has 164 valence electrons. The highest BCUT2D eigenvalue weighted by Gasteiger charge is 2.29. The number of nitrogen functional groups attached to an aromatic ring is 1. The average Bonchev–Trinajstić information content (AvgIpc) is 3.24. The number of benzene rings is 1. The van der Waals surface area contributed by atoms with Crippen LogP contribution in [0, 0.1) is 5.41 Å². The van der Waals surface area contributed by atoms with Crippen molar-refractivity contribution in [3.63, 3.8) is 0 Å². The van der Waals surface area contributed by atoms with Crippen molar-refractivity contribution in [3.05, 3.63) is 84.7 Å². The van der Waals surface area contributed by atoms with Crippen LogP contribution in [0.2, 0.25) is 0 Å². The molecule has 0 radical (unpaired) electrons. The summed E-state index contributed by atoms with van der Waals surface area (Å²) >= 11 is 1.61. The highest BCUT2D eigenvalue weighted by atomic mass is 32.1. The molecule has 1 unspecified atom stereocenters. The van der Waals surface area contributed by atoms with Gasteiger partial charge in [0.05, 0.1) is 13.1 Å². The van der Waals surface area contributed by atoms with Crippen molar-refractivity contribution < 1.29 is 4.79 Å². The summed E-state index contributed by atoms with van der Waals surface area (Å²) in [5.74, 6) is -0.544. The van der Waals surface area contributed by atoms with Crippen LogP contribution < -0.4 is 22.3 Å². The van der Waals surface area contributed by atoms with Gasteiger partial charge in [-0.1, -0.05) is 57.2 Å². The van der Waals surface area contributed by atoms with E-state index in [4.69, 9.17) is 5.73 Å². The smallest absolute Gasteiger partial charge is 0.332 e. The fraction of sp³-hybridized carbons (Fsp3) is 0.348. The second-order valence-electron chi connectivity index (χ2n) is 8.60. The monoisotopic (exact) mass is 440 g/mol. The molecule has 2 heterocycles. The molecule has 0 saturated heterocycles. The zero-order valence-corrected chi connectivity index (χ0v) is 19.0. The van der Waals surface area contributed by atoms with Gasteiger partial charge in [-0.15, -0.1) is 11.3 Å². The summed E-state index contributed by atoms with van der Waals surface area (Å²) in [6, 6.07) is 13.2. The first-order valence-electron chi connectivity index (χ1n) is 10.0. The van der Waals surface area contributed by atoms with Crippen LogP contribution in [0.5, 0.6) is 0 Å². The molecule has 8 heteroatoms. The Labute approximate surface area is 185 Å². The fourth-order valence-corrected chi connectivity index (χ4v) is 4.58. The quantitative estimate of drug-likeness (QED) is 0.551. The zero-order chi connectivity index (χ0) is 22.8. The van der Waals surface area contributed by atoms with Gasteiger partial charge >= 0.3 is 5.69 Å². The molecule has 3 aromatic rings. The van der Waals surface area contributed by atoms with Crippen molar-refractivity contribution in [1.82, 2.24) is 14.5 Å². The van der Waals surface area contributed by atoms with Gasteiger partial charge in [0.15, 0.2) is 5.78 Å². The highest BCUT2D eigenvalue weighted by Crippen LogP contribution is 2.35. The number of aromatic nitrogens is 2. The Bertz CT molecular complexity index is 1170. The lowest BCUT2D eigenvalue weighted by atomic mass is 9.85. The van der Waals surface area contributed by atoms with Crippen LogP contribution >= 0.6 is 11.3 Å². The minimum Gasteiger partial charge on any atom is -0.384 e. The van der Waals surface area contributed by atoms with E-state index in [0.717, 1.165) is 15.0 Å². The van der Waals surface area contributed by atoms with E-state index < -0.39 is 17.0 Å². The van der Waals surface area contributed by atoms with E-state index in [1.54, 1.807) is 11.3 Å². The van der Waals surface area contributed by atoms with Crippen LogP contribution in [0.3, 0.4) is 0 Å². The zero-order valence-electron chi connectivity index (χ0n) is 18.2. The number of carbonyl (C=O) groups is 1. The van der Waals surface area contributed by atoms with Gasteiger partial charge in [-0.2, -0.15) is 0 Å². The standard InChI is InChI=1S/C23H28N4O3S/c1-23(2,3)19(17-11-8-12-31-17)25-13-16(28)18-20(24)27(22(30)26(4)21(18)29)14-15-9-6-5-7-10-15/h5-12,19,25H,13-14,24H2,1-4H3. The molecule has 2 aromatic heterocycles. The van der Waals surface area contributed by atoms with Gasteiger partial charge in [0.2, 0.25) is 0 Å². The molecule has 0 aliphatic rings. The molecule has 31 heavy (non-hydrogen) atoms. The summed E-state index contributed by atoms with van der Waals surface area (Å²) in [5.41, 5.74) is 5.50. The molecule has 1 aromatic carbocycles. The van der Waals surface area contributed by atoms with E-state index >= 15 is 0 Å². The number of Topliss-reactive ketones (excluding diaryl/α,β-unsaturated/α-hetero) is 1. The van der Waals surface area contributed by atoms with E-state index in [2.05, 4.69) is 26.1 Å². The maximum atomic E-state index is 13.1. The number of nitrogens with two attached hydrogens (primary N) is 1. The van der Waals surface area contributed by atoms with Crippen molar-refractivity contribution in [2.75, 3.05) is 12.3 Å². The molecular formula is C23H28N4O3S. The molecule has 0 spiro atoms. The van der Waals surface area contributed by atoms with E-state index in [9.17, 15) is 14.4 Å². The van der Waals surface area contributed by atoms with Crippen LogP contribution in [-0.2, 0) is 13.6 Å². The Morgan fingerprint density at radius 2 is 1.81 bits per heavy atom. The number of ketones is 1. The molecular weight excluding hydrogens is 412 g/mol. The van der Waals surface area contributed by atoms with Gasteiger partial charge in [0.25, 0.3) is 5.56 Å². The minimum absolute atomic E-state index is 0.0666. The maximum Gasteiger partial charge on any atom is 0.332 e. The Morgan fingerprint density at radius 1 is 1.13 bits per heavy atom. The van der Waals surface area contributed by atoms with Gasteiger partial charge in [-0.05, 0) is 22.4 Å². The lowest BCUT2D eigenvalue weighted by Gasteiger charge is -2.30. The van der Waals surface area contributed by atoms with Crippen molar-refractivity contribution in [3.8, 4) is 0 Å². The normalized spacial score (nSPS) is 12.6. The number of hydrogen-bond donors (Lipinski definition) is 2. The first-order valence-corrected chi connectivity index (χ1v) is 10.9. The summed E-state index contributed by atoms with van der Waals surface area (Å²) in [6.07, 6.45) is 0. The predicted octanol–water partition coefficient (Wildman–Crippen LogP) is 2.80. The number of hydrogen-bond acceptors (Lipinski definition) is 6. The van der Waals surface area contributed by atoms with Crippen LogP contribution in [0.1, 0.15) is 47.6 Å². The van der Waals surface area contributed by atoms with E-state index in [1.165, 1.54) is 11.6 Å². The molecule has 1 atom stereocenters. The molecule has 0 aliphatic carbocycles. The summed E-state index contributed by atoms with van der Waals surface area (Å²) in [5, 5.41) is 5.28. The molecule has 0 saturated carbocycles. The van der Waals surface area contributed by atoms with Crippen molar-refractivity contribution in [2.24, 2.45) is 12.5 Å². The lowest BCUT2D eigenvalue weighted by Crippen LogP contribution is -2.44. The molecule has 3 N–H and O–H groups in total. The Kier molecular flexibility index (Phi) is 6.62. The number of thiophene rings is 1. The summed E-state index contributed by atoms with van der Waals surface area (Å²) in [7, 11) is 1.36. The van der Waals surface area contributed by atoms with Gasteiger partial charge in [0.1, 0.15) is 11.4 Å². The molecule has 0 amide bonds. The number of nitrogens with one attached hydrogen (secondary N) is 1. The van der Waals surface area contributed by atoms with Crippen LogP contribution in [0.15, 0.2) is 57.4 Å². The second kappa shape index (κ2) is 9.03. The van der Waals surface area contributed by atoms with E-state index in [0.29, 0.717) is 0 Å². The average molecular weight is 441 g/mol. The van der Waals surface area contributed by atoms with Gasteiger partial charge in [-0.25, -0.2) is 4.79 Å². The first kappa shape index (κ1) is 22.7. The highest BCUT2D eigenvalue weighted by molar-refractivity contribution is 7.10. The molecule has 7 nitrogen and oxygen atoms in total. The maximum absolute atomic E-state index is 13.1. The molecule has 0 aliphatic heterocycles. The largest absolute Gasteiger partial charge is 0.384 e. The SMILES string of the molecule is Cn1c(=O)c(C(=O)CNC(c2cccs2)C(C)(C)C)c(N)n(Cc2ccccc2)c1=O. The second-order valence-corrected chi connectivity index (χ2v) is 9.58. The number of nitrogens with zero attached hydrogens (tertiary/aromatic N) is 2. The Morgan fingerprint density at radius 3 is 2.39 bits per heavy atom. The minimum atomic E-state index is -0.679. The molecule has 3 rings (SSSR count). The van der Waals surface area contributed by atoms with Crippen molar-refractivity contribution in [1.29, 1.82) is 0 Å². The fourth-order valence-electron chi connectivity index (χ4n) is 3.54. The summed E-state index contributed by atoms with van der Waals surface area (Å²) in [6.45, 7) is 6.36. The van der Waals surface area contributed by atoms with Crippen LogP contribution in [-0.4, -0.2) is 21.5 Å². The first-order chi connectivity index (χ1) is 14.6.